The molecule has 2 fully saturated rings. The van der Waals surface area contributed by atoms with Gasteiger partial charge in [0.15, 0.2) is 0 Å². The van der Waals surface area contributed by atoms with Crippen molar-refractivity contribution < 1.29 is 0 Å². The van der Waals surface area contributed by atoms with Gasteiger partial charge in [0.1, 0.15) is 5.84 Å². The maximum absolute atomic E-state index is 8.59. The number of hydrogen-bond acceptors (Lipinski definition) is 4. The van der Waals surface area contributed by atoms with E-state index in [0.717, 1.165) is 51.3 Å². The molecule has 5 rings (SSSR count). The number of aromatic nitrogens is 1. The van der Waals surface area contributed by atoms with E-state index in [1.165, 1.54) is 31.5 Å². The van der Waals surface area contributed by atoms with Crippen LogP contribution in [0.25, 0.3) is 10.9 Å². The van der Waals surface area contributed by atoms with E-state index in [2.05, 4.69) is 34.1 Å². The molecule has 2 atom stereocenters. The number of halogens is 1. The van der Waals surface area contributed by atoms with E-state index in [1.807, 2.05) is 61.0 Å². The molecule has 2 aromatic carbocycles. The highest BCUT2D eigenvalue weighted by Crippen LogP contribution is 2.59. The van der Waals surface area contributed by atoms with Gasteiger partial charge in [-0.2, -0.15) is 0 Å². The highest BCUT2D eigenvalue weighted by molar-refractivity contribution is 7.99. The van der Waals surface area contributed by atoms with Crippen LogP contribution in [-0.2, 0) is 5.41 Å². The van der Waals surface area contributed by atoms with Gasteiger partial charge >= 0.3 is 0 Å². The lowest BCUT2D eigenvalue weighted by Crippen LogP contribution is -2.28. The fraction of sp³-hybridized carbons (Fsp3) is 0.407. The van der Waals surface area contributed by atoms with Gasteiger partial charge in [0, 0.05) is 47.2 Å². The third-order valence-electron chi connectivity index (χ3n) is 7.17. The molecule has 1 aliphatic carbocycles. The van der Waals surface area contributed by atoms with Crippen LogP contribution in [-0.4, -0.2) is 58.9 Å². The highest BCUT2D eigenvalue weighted by atomic mass is 35.5. The Bertz CT molecular complexity index is 1160. The molecule has 1 N–H and O–H groups in total. The fourth-order valence-corrected chi connectivity index (χ4v) is 6.23. The molecule has 0 radical (unpaired) electrons. The van der Waals surface area contributed by atoms with Crippen LogP contribution in [0.5, 0.6) is 0 Å². The third-order valence-corrected chi connectivity index (χ3v) is 8.57. The van der Waals surface area contributed by atoms with Crippen LogP contribution in [0.1, 0.15) is 29.7 Å². The number of thioether (sulfide) groups is 1. The van der Waals surface area contributed by atoms with Crippen molar-refractivity contribution >= 4 is 40.1 Å². The predicted octanol–water partition coefficient (Wildman–Crippen LogP) is 5.81. The average Bonchev–Trinajstić information content (AvgIpc) is 3.39. The van der Waals surface area contributed by atoms with E-state index in [9.17, 15) is 0 Å². The Morgan fingerprint density at radius 2 is 2.03 bits per heavy atom. The minimum atomic E-state index is 0.390. The Morgan fingerprint density at radius 3 is 2.85 bits per heavy atom. The van der Waals surface area contributed by atoms with Gasteiger partial charge in [0.2, 0.25) is 0 Å². The van der Waals surface area contributed by atoms with E-state index < -0.39 is 0 Å². The first-order chi connectivity index (χ1) is 15.9. The number of hydrogen-bond donors (Lipinski definition) is 1. The monoisotopic (exact) mass is 478 g/mol. The van der Waals surface area contributed by atoms with Crippen LogP contribution in [0.3, 0.4) is 0 Å². The second-order valence-electron chi connectivity index (χ2n) is 9.60. The van der Waals surface area contributed by atoms with E-state index >= 15 is 0 Å². The highest BCUT2D eigenvalue weighted by Gasteiger charge is 2.60. The number of piperidine rings is 1. The normalized spacial score (nSPS) is 21.8. The molecule has 4 nitrogen and oxygen atoms in total. The molecule has 2 aliphatic rings. The van der Waals surface area contributed by atoms with Crippen LogP contribution >= 0.6 is 23.4 Å². The third kappa shape index (κ3) is 4.77. The van der Waals surface area contributed by atoms with Crippen molar-refractivity contribution in [2.75, 3.05) is 38.3 Å². The van der Waals surface area contributed by atoms with Crippen LogP contribution in [0, 0.1) is 18.3 Å². The number of aryl methyl sites for hydroxylation is 1. The second kappa shape index (κ2) is 9.28. The molecule has 3 aromatic rings. The summed E-state index contributed by atoms with van der Waals surface area (Å²) in [4.78, 5) is 9.23. The summed E-state index contributed by atoms with van der Waals surface area (Å²) < 4.78 is 0. The number of rotatable bonds is 8. The van der Waals surface area contributed by atoms with Gasteiger partial charge in [-0.05, 0) is 79.9 Å². The Balaban J connectivity index is 1.05. The first-order valence-corrected chi connectivity index (χ1v) is 13.2. The van der Waals surface area contributed by atoms with Gasteiger partial charge in [-0.15, -0.1) is 11.8 Å². The zero-order valence-electron chi connectivity index (χ0n) is 19.4. The van der Waals surface area contributed by atoms with E-state index in [4.69, 9.17) is 17.0 Å². The average molecular weight is 479 g/mol. The summed E-state index contributed by atoms with van der Waals surface area (Å²) in [6.07, 6.45) is 2.52. The van der Waals surface area contributed by atoms with Crippen molar-refractivity contribution in [2.45, 2.75) is 25.2 Å². The molecule has 0 bridgehead atoms. The van der Waals surface area contributed by atoms with E-state index in [0.29, 0.717) is 11.3 Å². The van der Waals surface area contributed by atoms with Crippen LogP contribution in [0.2, 0.25) is 5.02 Å². The molecule has 0 amide bonds. The van der Waals surface area contributed by atoms with Gasteiger partial charge < -0.3 is 9.80 Å². The fourth-order valence-electron chi connectivity index (χ4n) is 5.24. The van der Waals surface area contributed by atoms with Crippen molar-refractivity contribution in [3.05, 3.63) is 76.4 Å². The standard InChI is InChI=1S/C27H31ClN4S/c1-19-4-5-20-14-21(6-11-25(20)30-19)26(29)31(2)18-33-13-3-12-32-16-23-15-27(23,17-32)22-7-9-24(28)10-8-22/h4-11,14,23,29H,3,12-13,15-18H2,1-2H3/t23-,27+/m1/s1. The Morgan fingerprint density at radius 1 is 1.21 bits per heavy atom. The number of fused-ring (bicyclic) bond motifs is 2. The van der Waals surface area contributed by atoms with Crippen LogP contribution < -0.4 is 0 Å². The Labute approximate surface area is 205 Å². The molecular formula is C27H31ClN4S. The van der Waals surface area contributed by atoms with Gasteiger partial charge in [-0.25, -0.2) is 0 Å². The first kappa shape index (κ1) is 22.7. The molecule has 0 spiro atoms. The summed E-state index contributed by atoms with van der Waals surface area (Å²) >= 11 is 7.99. The lowest BCUT2D eigenvalue weighted by atomic mass is 9.95. The topological polar surface area (TPSA) is 43.2 Å². The van der Waals surface area contributed by atoms with Crippen LogP contribution in [0.4, 0.5) is 0 Å². The lowest BCUT2D eigenvalue weighted by Gasteiger charge is -2.22. The lowest BCUT2D eigenvalue weighted by molar-refractivity contribution is 0.299. The molecule has 1 aromatic heterocycles. The molecule has 33 heavy (non-hydrogen) atoms. The summed E-state index contributed by atoms with van der Waals surface area (Å²) in [5, 5.41) is 10.5. The van der Waals surface area contributed by atoms with Gasteiger partial charge in [-0.1, -0.05) is 29.8 Å². The Kier molecular flexibility index (Phi) is 6.39. The Hall–Kier alpha value is -2.08. The largest absolute Gasteiger partial charge is 0.350 e. The number of benzene rings is 2. The second-order valence-corrected chi connectivity index (χ2v) is 11.1. The van der Waals surface area contributed by atoms with Crippen LogP contribution in [0.15, 0.2) is 54.6 Å². The number of nitrogens with one attached hydrogen (secondary N) is 1. The summed E-state index contributed by atoms with van der Waals surface area (Å²) in [7, 11) is 2.01. The molecule has 0 unspecified atom stereocenters. The minimum Gasteiger partial charge on any atom is -0.350 e. The number of amidine groups is 1. The van der Waals surface area contributed by atoms with Crippen molar-refractivity contribution in [1.82, 2.24) is 14.8 Å². The van der Waals surface area contributed by atoms with Gasteiger partial charge in [0.25, 0.3) is 0 Å². The summed E-state index contributed by atoms with van der Waals surface area (Å²) in [6.45, 7) is 5.58. The number of likely N-dealkylation sites (tertiary alicyclic amines) is 1. The van der Waals surface area contributed by atoms with Gasteiger partial charge in [-0.3, -0.25) is 10.4 Å². The zero-order chi connectivity index (χ0) is 23.0. The maximum Gasteiger partial charge on any atom is 0.128 e. The summed E-state index contributed by atoms with van der Waals surface area (Å²) in [5.74, 6) is 3.34. The molecule has 172 valence electrons. The first-order valence-electron chi connectivity index (χ1n) is 11.7. The molecule has 1 aliphatic heterocycles. The molecular weight excluding hydrogens is 448 g/mol. The number of pyridine rings is 1. The summed E-state index contributed by atoms with van der Waals surface area (Å²) in [6, 6.07) is 18.7. The molecule has 6 heteroatoms. The maximum atomic E-state index is 8.59. The smallest absolute Gasteiger partial charge is 0.128 e. The number of nitrogens with zero attached hydrogens (tertiary/aromatic N) is 3. The SMILES string of the molecule is Cc1ccc2cc(C(=N)N(C)CSCCCN3C[C@H]4C[C@@]4(c4ccc(Cl)cc4)C3)ccc2n1. The van der Waals surface area contributed by atoms with Crippen molar-refractivity contribution in [3.63, 3.8) is 0 Å². The van der Waals surface area contributed by atoms with Crippen molar-refractivity contribution in [1.29, 1.82) is 5.41 Å². The molecule has 1 saturated heterocycles. The van der Waals surface area contributed by atoms with Crippen molar-refractivity contribution in [2.24, 2.45) is 5.92 Å². The minimum absolute atomic E-state index is 0.390. The summed E-state index contributed by atoms with van der Waals surface area (Å²) in [5.41, 5.74) is 4.81. The molecule has 1 saturated carbocycles. The zero-order valence-corrected chi connectivity index (χ0v) is 20.9. The van der Waals surface area contributed by atoms with Crippen molar-refractivity contribution in [3.8, 4) is 0 Å². The molecule has 2 heterocycles. The van der Waals surface area contributed by atoms with E-state index in [1.54, 1.807) is 0 Å². The van der Waals surface area contributed by atoms with Gasteiger partial charge in [0.05, 0.1) is 11.4 Å². The quantitative estimate of drug-likeness (QED) is 0.192. The van der Waals surface area contributed by atoms with E-state index in [-0.39, 0.29) is 0 Å². The predicted molar refractivity (Wildman–Crippen MR) is 141 cm³/mol.